The number of cyclic esters (lactones) is 1. The average molecular weight is 181 g/mol. The minimum Gasteiger partial charge on any atom is -0.447 e. The quantitative estimate of drug-likeness (QED) is 0.702. The molecule has 1 saturated heterocycles. The summed E-state index contributed by atoms with van der Waals surface area (Å²) in [6, 6.07) is 0.0717. The topological polar surface area (TPSA) is 56.2 Å². The minimum absolute atomic E-state index is 0.0717. The van der Waals surface area contributed by atoms with Crippen molar-refractivity contribution in [2.45, 2.75) is 12.5 Å². The molecule has 0 aromatic carbocycles. The number of rotatable bonds is 2. The van der Waals surface area contributed by atoms with Crippen LogP contribution < -0.4 is 5.32 Å². The fraction of sp³-hybridized carbons (Fsp3) is 0.500. The number of imidazole rings is 1. The lowest BCUT2D eigenvalue weighted by molar-refractivity contribution is 0.177. The second kappa shape index (κ2) is 3.08. The van der Waals surface area contributed by atoms with Gasteiger partial charge in [0.1, 0.15) is 6.61 Å². The van der Waals surface area contributed by atoms with E-state index >= 15 is 0 Å². The highest BCUT2D eigenvalue weighted by molar-refractivity contribution is 5.69. The van der Waals surface area contributed by atoms with E-state index in [1.807, 2.05) is 17.8 Å². The number of nitrogens with zero attached hydrogens (tertiary/aromatic N) is 2. The number of hydrogen-bond acceptors (Lipinski definition) is 3. The number of carbonyl (C=O) groups is 1. The van der Waals surface area contributed by atoms with Gasteiger partial charge in [0.2, 0.25) is 0 Å². The van der Waals surface area contributed by atoms with Gasteiger partial charge in [-0.25, -0.2) is 9.78 Å². The van der Waals surface area contributed by atoms with Crippen molar-refractivity contribution < 1.29 is 9.53 Å². The molecule has 1 aromatic heterocycles. The van der Waals surface area contributed by atoms with Crippen molar-refractivity contribution in [1.29, 1.82) is 0 Å². The summed E-state index contributed by atoms with van der Waals surface area (Å²) in [5.41, 5.74) is 0.971. The molecule has 70 valence electrons. The van der Waals surface area contributed by atoms with Gasteiger partial charge < -0.3 is 14.6 Å². The SMILES string of the molecule is Cn1cnc(C[C@H]2COC(=O)N2)c1. The second-order valence-electron chi connectivity index (χ2n) is 3.17. The summed E-state index contributed by atoms with van der Waals surface area (Å²) in [6.45, 7) is 0.440. The van der Waals surface area contributed by atoms with Crippen LogP contribution >= 0.6 is 0 Å². The fourth-order valence-electron chi connectivity index (χ4n) is 1.36. The van der Waals surface area contributed by atoms with Crippen LogP contribution in [-0.4, -0.2) is 28.3 Å². The lowest BCUT2D eigenvalue weighted by atomic mass is 10.2. The molecule has 13 heavy (non-hydrogen) atoms. The molecular weight excluding hydrogens is 170 g/mol. The summed E-state index contributed by atoms with van der Waals surface area (Å²) in [4.78, 5) is 14.9. The smallest absolute Gasteiger partial charge is 0.407 e. The van der Waals surface area contributed by atoms with Crippen LogP contribution in [0.5, 0.6) is 0 Å². The van der Waals surface area contributed by atoms with Crippen molar-refractivity contribution >= 4 is 6.09 Å². The Kier molecular flexibility index (Phi) is 1.92. The molecular formula is C8H11N3O2. The van der Waals surface area contributed by atoms with Crippen molar-refractivity contribution in [3.05, 3.63) is 18.2 Å². The third-order valence-corrected chi connectivity index (χ3v) is 1.95. The first-order chi connectivity index (χ1) is 6.24. The van der Waals surface area contributed by atoms with Gasteiger partial charge in [-0.1, -0.05) is 0 Å². The summed E-state index contributed by atoms with van der Waals surface area (Å²) in [5, 5.41) is 2.70. The molecule has 0 bridgehead atoms. The van der Waals surface area contributed by atoms with Gasteiger partial charge in [-0.05, 0) is 0 Å². The van der Waals surface area contributed by atoms with Gasteiger partial charge in [0.05, 0.1) is 18.1 Å². The Morgan fingerprint density at radius 1 is 1.85 bits per heavy atom. The van der Waals surface area contributed by atoms with Crippen LogP contribution in [-0.2, 0) is 18.2 Å². The number of nitrogens with one attached hydrogen (secondary N) is 1. The van der Waals surface area contributed by atoms with E-state index in [2.05, 4.69) is 10.3 Å². The van der Waals surface area contributed by atoms with Gasteiger partial charge in [-0.15, -0.1) is 0 Å². The third kappa shape index (κ3) is 1.80. The molecule has 1 fully saturated rings. The highest BCUT2D eigenvalue weighted by atomic mass is 16.6. The Bertz CT molecular complexity index is 321. The molecule has 0 unspecified atom stereocenters. The van der Waals surface area contributed by atoms with Gasteiger partial charge in [-0.3, -0.25) is 0 Å². The van der Waals surface area contributed by atoms with E-state index in [9.17, 15) is 4.79 Å². The molecule has 0 aliphatic carbocycles. The van der Waals surface area contributed by atoms with E-state index in [1.165, 1.54) is 0 Å². The molecule has 0 radical (unpaired) electrons. The number of amides is 1. The van der Waals surface area contributed by atoms with Crippen LogP contribution in [0.1, 0.15) is 5.69 Å². The largest absolute Gasteiger partial charge is 0.447 e. The molecule has 1 amide bonds. The molecule has 1 aliphatic rings. The molecule has 5 nitrogen and oxygen atoms in total. The van der Waals surface area contributed by atoms with Crippen LogP contribution in [0.3, 0.4) is 0 Å². The third-order valence-electron chi connectivity index (χ3n) is 1.95. The van der Waals surface area contributed by atoms with E-state index < -0.39 is 0 Å². The lowest BCUT2D eigenvalue weighted by Gasteiger charge is -2.02. The highest BCUT2D eigenvalue weighted by Gasteiger charge is 2.22. The zero-order valence-corrected chi connectivity index (χ0v) is 7.36. The number of aromatic nitrogens is 2. The number of alkyl carbamates (subject to hydrolysis) is 1. The molecule has 1 aromatic rings. The maximum absolute atomic E-state index is 10.7. The van der Waals surface area contributed by atoms with Crippen molar-refractivity contribution in [2.75, 3.05) is 6.61 Å². The number of hydrogen-bond donors (Lipinski definition) is 1. The van der Waals surface area contributed by atoms with Gasteiger partial charge in [0.25, 0.3) is 0 Å². The summed E-state index contributed by atoms with van der Waals surface area (Å²) in [7, 11) is 1.92. The monoisotopic (exact) mass is 181 g/mol. The van der Waals surface area contributed by atoms with Gasteiger partial charge in [0.15, 0.2) is 0 Å². The van der Waals surface area contributed by atoms with Crippen molar-refractivity contribution in [3.8, 4) is 0 Å². The molecule has 2 heterocycles. The van der Waals surface area contributed by atoms with E-state index in [0.29, 0.717) is 6.61 Å². The molecule has 0 spiro atoms. The predicted octanol–water partition coefficient (Wildman–Crippen LogP) is 0.0710. The summed E-state index contributed by atoms with van der Waals surface area (Å²) in [6.07, 6.45) is 4.07. The first kappa shape index (κ1) is 8.10. The Labute approximate surface area is 75.7 Å². The fourth-order valence-corrected chi connectivity index (χ4v) is 1.36. The summed E-state index contributed by atoms with van der Waals surface area (Å²) in [5.74, 6) is 0. The van der Waals surface area contributed by atoms with Crippen LogP contribution in [0, 0.1) is 0 Å². The molecule has 2 rings (SSSR count). The number of aryl methyl sites for hydroxylation is 1. The van der Waals surface area contributed by atoms with Crippen LogP contribution in [0.15, 0.2) is 12.5 Å². The molecule has 5 heteroatoms. The van der Waals surface area contributed by atoms with Gasteiger partial charge >= 0.3 is 6.09 Å². The zero-order chi connectivity index (χ0) is 9.26. The Morgan fingerprint density at radius 3 is 3.23 bits per heavy atom. The second-order valence-corrected chi connectivity index (χ2v) is 3.17. The maximum atomic E-state index is 10.7. The number of ether oxygens (including phenoxy) is 1. The lowest BCUT2D eigenvalue weighted by Crippen LogP contribution is -2.28. The van der Waals surface area contributed by atoms with Crippen molar-refractivity contribution in [2.24, 2.45) is 7.05 Å². The molecule has 0 saturated carbocycles. The number of carbonyl (C=O) groups excluding carboxylic acids is 1. The Hall–Kier alpha value is -1.52. The molecule has 1 atom stereocenters. The van der Waals surface area contributed by atoms with Crippen LogP contribution in [0.25, 0.3) is 0 Å². The van der Waals surface area contributed by atoms with E-state index in [1.54, 1.807) is 6.33 Å². The van der Waals surface area contributed by atoms with Crippen LogP contribution in [0.4, 0.5) is 4.79 Å². The van der Waals surface area contributed by atoms with E-state index in [-0.39, 0.29) is 12.1 Å². The van der Waals surface area contributed by atoms with Gasteiger partial charge in [0, 0.05) is 19.7 Å². The normalized spacial score (nSPS) is 21.3. The predicted molar refractivity (Wildman–Crippen MR) is 45.2 cm³/mol. The van der Waals surface area contributed by atoms with Crippen LogP contribution in [0.2, 0.25) is 0 Å². The van der Waals surface area contributed by atoms with Gasteiger partial charge in [-0.2, -0.15) is 0 Å². The summed E-state index contributed by atoms with van der Waals surface area (Å²) < 4.78 is 6.64. The van der Waals surface area contributed by atoms with E-state index in [0.717, 1.165) is 12.1 Å². The zero-order valence-electron chi connectivity index (χ0n) is 7.36. The summed E-state index contributed by atoms with van der Waals surface area (Å²) >= 11 is 0. The van der Waals surface area contributed by atoms with Crippen molar-refractivity contribution in [3.63, 3.8) is 0 Å². The first-order valence-corrected chi connectivity index (χ1v) is 4.14. The maximum Gasteiger partial charge on any atom is 0.407 e. The van der Waals surface area contributed by atoms with Crippen molar-refractivity contribution in [1.82, 2.24) is 14.9 Å². The minimum atomic E-state index is -0.332. The Morgan fingerprint density at radius 2 is 2.69 bits per heavy atom. The first-order valence-electron chi connectivity index (χ1n) is 4.14. The Balaban J connectivity index is 1.95. The molecule has 1 aliphatic heterocycles. The average Bonchev–Trinajstić information content (AvgIpc) is 2.62. The van der Waals surface area contributed by atoms with E-state index in [4.69, 9.17) is 4.74 Å². The standard InChI is InChI=1S/C8H11N3O2/c1-11-3-6(9-5-11)2-7-4-13-8(12)10-7/h3,5,7H,2,4H2,1H3,(H,10,12)/t7-/m0/s1. The highest BCUT2D eigenvalue weighted by Crippen LogP contribution is 2.05. The molecule has 1 N–H and O–H groups in total.